The first-order valence-corrected chi connectivity index (χ1v) is 10.9. The van der Waals surface area contributed by atoms with E-state index >= 15 is 0 Å². The molecule has 33 heavy (non-hydrogen) atoms. The van der Waals surface area contributed by atoms with Crippen molar-refractivity contribution >= 4 is 29.3 Å². The Kier molecular flexibility index (Phi) is 8.06. The number of rotatable bonds is 9. The number of halogens is 1. The lowest BCUT2D eigenvalue weighted by molar-refractivity contribution is -0.136. The van der Waals surface area contributed by atoms with Crippen LogP contribution in [0.25, 0.3) is 5.70 Å². The van der Waals surface area contributed by atoms with Crippen LogP contribution in [0.15, 0.2) is 42.0 Å². The molecule has 8 nitrogen and oxygen atoms in total. The molecule has 1 aliphatic heterocycles. The molecule has 3 rings (SSSR count). The van der Waals surface area contributed by atoms with Crippen molar-refractivity contribution < 1.29 is 28.5 Å². The number of benzene rings is 2. The summed E-state index contributed by atoms with van der Waals surface area (Å²) < 4.78 is 21.8. The van der Waals surface area contributed by atoms with Crippen LogP contribution in [-0.4, -0.2) is 39.4 Å². The SMILES string of the molecule is CCCOc1c(Cl)cc(C2NC(=O)NC(c3ccc(OC)cc3)=C2C(=O)OC)cc1OCC. The second-order valence-electron chi connectivity index (χ2n) is 7.15. The van der Waals surface area contributed by atoms with Gasteiger partial charge in [0.05, 0.1) is 49.8 Å². The molecule has 176 valence electrons. The average molecular weight is 475 g/mol. The summed E-state index contributed by atoms with van der Waals surface area (Å²) in [6, 6.07) is 9.04. The highest BCUT2D eigenvalue weighted by Gasteiger charge is 2.35. The van der Waals surface area contributed by atoms with Gasteiger partial charge in [0.2, 0.25) is 0 Å². The van der Waals surface area contributed by atoms with Crippen LogP contribution in [0.2, 0.25) is 5.02 Å². The van der Waals surface area contributed by atoms with Crippen LogP contribution in [0.3, 0.4) is 0 Å². The molecule has 0 fully saturated rings. The first-order valence-electron chi connectivity index (χ1n) is 10.6. The third kappa shape index (κ3) is 5.34. The Morgan fingerprint density at radius 3 is 2.42 bits per heavy atom. The standard InChI is InChI=1S/C24H27ClN2O6/c1-5-11-33-22-17(25)12-15(13-18(22)32-6-2)21-19(23(28)31-4)20(26-24(29)27-21)14-7-9-16(30-3)10-8-14/h7-10,12-13,21H,5-6,11H2,1-4H3,(H2,26,27,29). The highest BCUT2D eigenvalue weighted by molar-refractivity contribution is 6.32. The van der Waals surface area contributed by atoms with Crippen molar-refractivity contribution in [2.24, 2.45) is 0 Å². The molecular formula is C24H27ClN2O6. The van der Waals surface area contributed by atoms with E-state index < -0.39 is 18.0 Å². The molecule has 0 bridgehead atoms. The number of amides is 2. The summed E-state index contributed by atoms with van der Waals surface area (Å²) in [6.45, 7) is 4.69. The first kappa shape index (κ1) is 24.3. The highest BCUT2D eigenvalue weighted by atomic mass is 35.5. The number of carbonyl (C=O) groups excluding carboxylic acids is 2. The number of hydrogen-bond acceptors (Lipinski definition) is 6. The van der Waals surface area contributed by atoms with Crippen molar-refractivity contribution in [3.8, 4) is 17.2 Å². The molecule has 0 aromatic heterocycles. The third-order valence-corrected chi connectivity index (χ3v) is 5.25. The van der Waals surface area contributed by atoms with Gasteiger partial charge < -0.3 is 29.6 Å². The van der Waals surface area contributed by atoms with E-state index in [9.17, 15) is 9.59 Å². The summed E-state index contributed by atoms with van der Waals surface area (Å²) >= 11 is 6.53. The number of carbonyl (C=O) groups is 2. The van der Waals surface area contributed by atoms with Gasteiger partial charge in [0.1, 0.15) is 5.75 Å². The lowest BCUT2D eigenvalue weighted by Gasteiger charge is -2.30. The number of methoxy groups -OCH3 is 2. The summed E-state index contributed by atoms with van der Waals surface area (Å²) in [7, 11) is 2.85. The summed E-state index contributed by atoms with van der Waals surface area (Å²) in [4.78, 5) is 25.5. The van der Waals surface area contributed by atoms with E-state index in [4.69, 9.17) is 30.5 Å². The lowest BCUT2D eigenvalue weighted by atomic mass is 9.92. The molecule has 9 heteroatoms. The Morgan fingerprint density at radius 1 is 1.09 bits per heavy atom. The van der Waals surface area contributed by atoms with Crippen molar-refractivity contribution in [1.29, 1.82) is 0 Å². The molecule has 2 amide bonds. The minimum absolute atomic E-state index is 0.225. The second kappa shape index (κ2) is 11.0. The normalized spacial score (nSPS) is 15.4. The van der Waals surface area contributed by atoms with Gasteiger partial charge in [-0.2, -0.15) is 0 Å². The monoisotopic (exact) mass is 474 g/mol. The molecule has 0 spiro atoms. The Balaban J connectivity index is 2.16. The second-order valence-corrected chi connectivity index (χ2v) is 7.56. The van der Waals surface area contributed by atoms with Gasteiger partial charge in [0.15, 0.2) is 11.5 Å². The van der Waals surface area contributed by atoms with Gasteiger partial charge in [0.25, 0.3) is 0 Å². The van der Waals surface area contributed by atoms with Gasteiger partial charge >= 0.3 is 12.0 Å². The molecule has 1 unspecified atom stereocenters. The Hall–Kier alpha value is -3.39. The minimum atomic E-state index is -0.833. The lowest BCUT2D eigenvalue weighted by Crippen LogP contribution is -2.45. The smallest absolute Gasteiger partial charge is 0.338 e. The van der Waals surface area contributed by atoms with E-state index in [0.717, 1.165) is 6.42 Å². The maximum absolute atomic E-state index is 12.9. The van der Waals surface area contributed by atoms with E-state index in [0.29, 0.717) is 52.3 Å². The molecule has 1 heterocycles. The summed E-state index contributed by atoms with van der Waals surface area (Å²) in [6.07, 6.45) is 0.800. The van der Waals surface area contributed by atoms with E-state index in [-0.39, 0.29) is 5.57 Å². The van der Waals surface area contributed by atoms with Crippen molar-refractivity contribution in [3.63, 3.8) is 0 Å². The molecule has 0 radical (unpaired) electrons. The number of hydrogen-bond donors (Lipinski definition) is 2. The van der Waals surface area contributed by atoms with Crippen LogP contribution in [0, 0.1) is 0 Å². The van der Waals surface area contributed by atoms with Crippen LogP contribution in [0.1, 0.15) is 37.4 Å². The summed E-state index contributed by atoms with van der Waals surface area (Å²) in [5.41, 5.74) is 1.73. The number of nitrogens with one attached hydrogen (secondary N) is 2. The van der Waals surface area contributed by atoms with Crippen LogP contribution in [0.4, 0.5) is 4.79 Å². The van der Waals surface area contributed by atoms with Crippen molar-refractivity contribution in [1.82, 2.24) is 10.6 Å². The molecule has 1 atom stereocenters. The van der Waals surface area contributed by atoms with E-state index in [1.54, 1.807) is 43.5 Å². The van der Waals surface area contributed by atoms with Crippen molar-refractivity contribution in [2.75, 3.05) is 27.4 Å². The zero-order chi connectivity index (χ0) is 24.0. The zero-order valence-electron chi connectivity index (χ0n) is 19.0. The van der Waals surface area contributed by atoms with Gasteiger partial charge in [-0.15, -0.1) is 0 Å². The van der Waals surface area contributed by atoms with E-state index in [2.05, 4.69) is 10.6 Å². The molecule has 0 saturated heterocycles. The fourth-order valence-electron chi connectivity index (χ4n) is 3.49. The zero-order valence-corrected chi connectivity index (χ0v) is 19.7. The Morgan fingerprint density at radius 2 is 1.82 bits per heavy atom. The quantitative estimate of drug-likeness (QED) is 0.520. The van der Waals surface area contributed by atoms with E-state index in [1.807, 2.05) is 13.8 Å². The summed E-state index contributed by atoms with van der Waals surface area (Å²) in [5, 5.41) is 5.83. The molecule has 2 aromatic carbocycles. The van der Waals surface area contributed by atoms with Crippen LogP contribution < -0.4 is 24.8 Å². The number of ether oxygens (including phenoxy) is 4. The number of urea groups is 1. The highest BCUT2D eigenvalue weighted by Crippen LogP contribution is 2.41. The molecule has 0 saturated carbocycles. The largest absolute Gasteiger partial charge is 0.497 e. The Bertz CT molecular complexity index is 1050. The summed E-state index contributed by atoms with van der Waals surface area (Å²) in [5.74, 6) is 0.894. The molecule has 2 aromatic rings. The molecular weight excluding hydrogens is 448 g/mol. The van der Waals surface area contributed by atoms with Gasteiger partial charge in [-0.1, -0.05) is 18.5 Å². The van der Waals surface area contributed by atoms with Crippen molar-refractivity contribution in [3.05, 3.63) is 58.1 Å². The predicted molar refractivity (Wildman–Crippen MR) is 125 cm³/mol. The van der Waals surface area contributed by atoms with Crippen LogP contribution >= 0.6 is 11.6 Å². The van der Waals surface area contributed by atoms with Crippen molar-refractivity contribution in [2.45, 2.75) is 26.3 Å². The fraction of sp³-hybridized carbons (Fsp3) is 0.333. The van der Waals surface area contributed by atoms with Gasteiger partial charge in [0, 0.05) is 0 Å². The molecule has 1 aliphatic rings. The Labute approximate surface area is 197 Å². The maximum atomic E-state index is 12.9. The first-order chi connectivity index (χ1) is 15.9. The van der Waals surface area contributed by atoms with Crippen LogP contribution in [0.5, 0.6) is 17.2 Å². The molecule has 2 N–H and O–H groups in total. The van der Waals surface area contributed by atoms with Gasteiger partial charge in [-0.3, -0.25) is 0 Å². The third-order valence-electron chi connectivity index (χ3n) is 4.97. The topological polar surface area (TPSA) is 95.1 Å². The van der Waals surface area contributed by atoms with Crippen LogP contribution in [-0.2, 0) is 9.53 Å². The number of esters is 1. The molecule has 0 aliphatic carbocycles. The minimum Gasteiger partial charge on any atom is -0.497 e. The van der Waals surface area contributed by atoms with Gasteiger partial charge in [-0.25, -0.2) is 9.59 Å². The maximum Gasteiger partial charge on any atom is 0.338 e. The van der Waals surface area contributed by atoms with Gasteiger partial charge in [-0.05, 0) is 60.9 Å². The fourth-order valence-corrected chi connectivity index (χ4v) is 3.77. The predicted octanol–water partition coefficient (Wildman–Crippen LogP) is 4.47. The van der Waals surface area contributed by atoms with E-state index in [1.165, 1.54) is 7.11 Å². The average Bonchev–Trinajstić information content (AvgIpc) is 2.82.